The average molecular weight is 287 g/mol. The third kappa shape index (κ3) is 3.03. The number of rotatable bonds is 4. The predicted octanol–water partition coefficient (Wildman–Crippen LogP) is 2.50. The molecule has 1 aliphatic rings. The van der Waals surface area contributed by atoms with E-state index in [0.717, 1.165) is 37.4 Å². The molecule has 2 aromatic heterocycles. The van der Waals surface area contributed by atoms with E-state index in [1.807, 2.05) is 37.4 Å². The highest BCUT2D eigenvalue weighted by molar-refractivity contribution is 5.93. The SMILES string of the molecule is CC(NC(=O)c1cccn1C1CCNCC1)c1ccco1. The number of nitrogens with one attached hydrogen (secondary N) is 2. The summed E-state index contributed by atoms with van der Waals surface area (Å²) >= 11 is 0. The van der Waals surface area contributed by atoms with Crippen LogP contribution < -0.4 is 10.6 Å². The van der Waals surface area contributed by atoms with Gasteiger partial charge in [-0.3, -0.25) is 4.79 Å². The van der Waals surface area contributed by atoms with Gasteiger partial charge < -0.3 is 19.6 Å². The molecule has 0 bridgehead atoms. The molecule has 2 aromatic rings. The van der Waals surface area contributed by atoms with Crippen LogP contribution in [0, 0.1) is 0 Å². The van der Waals surface area contributed by atoms with Gasteiger partial charge in [0.2, 0.25) is 0 Å². The second-order valence-corrected chi connectivity index (χ2v) is 5.49. The summed E-state index contributed by atoms with van der Waals surface area (Å²) < 4.78 is 7.43. The van der Waals surface area contributed by atoms with Crippen LogP contribution >= 0.6 is 0 Å². The monoisotopic (exact) mass is 287 g/mol. The van der Waals surface area contributed by atoms with E-state index < -0.39 is 0 Å². The molecule has 1 atom stereocenters. The molecule has 5 nitrogen and oxygen atoms in total. The minimum absolute atomic E-state index is 0.0533. The van der Waals surface area contributed by atoms with Crippen molar-refractivity contribution in [1.82, 2.24) is 15.2 Å². The van der Waals surface area contributed by atoms with Crippen molar-refractivity contribution >= 4 is 5.91 Å². The number of carbonyl (C=O) groups is 1. The van der Waals surface area contributed by atoms with Gasteiger partial charge in [0.15, 0.2) is 0 Å². The predicted molar refractivity (Wildman–Crippen MR) is 80.2 cm³/mol. The number of carbonyl (C=O) groups excluding carboxylic acids is 1. The van der Waals surface area contributed by atoms with Crippen LogP contribution in [-0.4, -0.2) is 23.6 Å². The number of aromatic nitrogens is 1. The number of amides is 1. The van der Waals surface area contributed by atoms with E-state index in [1.165, 1.54) is 0 Å². The van der Waals surface area contributed by atoms with Crippen LogP contribution in [0.4, 0.5) is 0 Å². The Bertz CT molecular complexity index is 582. The number of piperidine rings is 1. The van der Waals surface area contributed by atoms with Crippen molar-refractivity contribution in [2.45, 2.75) is 31.8 Å². The summed E-state index contributed by atoms with van der Waals surface area (Å²) in [7, 11) is 0. The largest absolute Gasteiger partial charge is 0.467 e. The third-order valence-corrected chi connectivity index (χ3v) is 4.03. The lowest BCUT2D eigenvalue weighted by Crippen LogP contribution is -2.33. The standard InChI is InChI=1S/C16H21N3O2/c1-12(15-5-3-11-21-15)18-16(20)14-4-2-10-19(14)13-6-8-17-9-7-13/h2-5,10-13,17H,6-9H2,1H3,(H,18,20). The smallest absolute Gasteiger partial charge is 0.268 e. The topological polar surface area (TPSA) is 59.2 Å². The molecule has 3 rings (SSSR count). The lowest BCUT2D eigenvalue weighted by atomic mass is 10.1. The Morgan fingerprint density at radius 1 is 1.38 bits per heavy atom. The Hall–Kier alpha value is -2.01. The maximum Gasteiger partial charge on any atom is 0.268 e. The van der Waals surface area contributed by atoms with Crippen molar-refractivity contribution < 1.29 is 9.21 Å². The Labute approximate surface area is 124 Å². The van der Waals surface area contributed by atoms with Crippen LogP contribution in [0.5, 0.6) is 0 Å². The molecule has 1 fully saturated rings. The van der Waals surface area contributed by atoms with Crippen molar-refractivity contribution in [3.8, 4) is 0 Å². The maximum atomic E-state index is 12.5. The van der Waals surface area contributed by atoms with E-state index in [2.05, 4.69) is 15.2 Å². The van der Waals surface area contributed by atoms with Gasteiger partial charge in [-0.2, -0.15) is 0 Å². The fourth-order valence-corrected chi connectivity index (χ4v) is 2.87. The van der Waals surface area contributed by atoms with E-state index in [0.29, 0.717) is 6.04 Å². The Morgan fingerprint density at radius 3 is 2.90 bits per heavy atom. The molecule has 21 heavy (non-hydrogen) atoms. The first-order valence-electron chi connectivity index (χ1n) is 7.47. The molecule has 0 spiro atoms. The third-order valence-electron chi connectivity index (χ3n) is 4.03. The van der Waals surface area contributed by atoms with Gasteiger partial charge in [0.25, 0.3) is 5.91 Å². The highest BCUT2D eigenvalue weighted by atomic mass is 16.3. The number of nitrogens with zero attached hydrogens (tertiary/aromatic N) is 1. The second-order valence-electron chi connectivity index (χ2n) is 5.49. The van der Waals surface area contributed by atoms with E-state index in [1.54, 1.807) is 6.26 Å². The second kappa shape index (κ2) is 6.18. The molecule has 1 aliphatic heterocycles. The molecule has 5 heteroatoms. The fraction of sp³-hybridized carbons (Fsp3) is 0.438. The molecule has 1 saturated heterocycles. The highest BCUT2D eigenvalue weighted by Crippen LogP contribution is 2.22. The first-order valence-corrected chi connectivity index (χ1v) is 7.47. The molecule has 2 N–H and O–H groups in total. The van der Waals surface area contributed by atoms with Crippen LogP contribution in [0.1, 0.15) is 48.1 Å². The van der Waals surface area contributed by atoms with E-state index in [4.69, 9.17) is 4.42 Å². The van der Waals surface area contributed by atoms with Gasteiger partial charge in [0, 0.05) is 12.2 Å². The highest BCUT2D eigenvalue weighted by Gasteiger charge is 2.21. The lowest BCUT2D eigenvalue weighted by Gasteiger charge is -2.26. The quantitative estimate of drug-likeness (QED) is 0.908. The molecule has 3 heterocycles. The van der Waals surface area contributed by atoms with Crippen LogP contribution in [0.25, 0.3) is 0 Å². The summed E-state index contributed by atoms with van der Waals surface area (Å²) in [5.41, 5.74) is 0.723. The Balaban J connectivity index is 1.71. The molecule has 0 radical (unpaired) electrons. The summed E-state index contributed by atoms with van der Waals surface area (Å²) in [5.74, 6) is 0.714. The zero-order chi connectivity index (χ0) is 14.7. The Morgan fingerprint density at radius 2 is 2.19 bits per heavy atom. The average Bonchev–Trinajstić information content (AvgIpc) is 3.19. The molecular weight excluding hydrogens is 266 g/mol. The first kappa shape index (κ1) is 13.9. The van der Waals surface area contributed by atoms with Crippen molar-refractivity contribution in [3.05, 3.63) is 48.2 Å². The van der Waals surface area contributed by atoms with Gasteiger partial charge in [0.1, 0.15) is 11.5 Å². The molecule has 112 valence electrons. The van der Waals surface area contributed by atoms with Crippen molar-refractivity contribution in [3.63, 3.8) is 0 Å². The number of hydrogen-bond donors (Lipinski definition) is 2. The van der Waals surface area contributed by atoms with Crippen molar-refractivity contribution in [2.75, 3.05) is 13.1 Å². The van der Waals surface area contributed by atoms with Gasteiger partial charge in [-0.25, -0.2) is 0 Å². The van der Waals surface area contributed by atoms with E-state index >= 15 is 0 Å². The van der Waals surface area contributed by atoms with Gasteiger partial charge in [-0.05, 0) is 57.1 Å². The summed E-state index contributed by atoms with van der Waals surface area (Å²) in [6, 6.07) is 7.79. The minimum Gasteiger partial charge on any atom is -0.467 e. The van der Waals surface area contributed by atoms with Crippen LogP contribution in [0.15, 0.2) is 41.1 Å². The number of hydrogen-bond acceptors (Lipinski definition) is 3. The summed E-state index contributed by atoms with van der Waals surface area (Å²) in [5, 5.41) is 6.34. The summed E-state index contributed by atoms with van der Waals surface area (Å²) in [4.78, 5) is 12.5. The summed E-state index contributed by atoms with van der Waals surface area (Å²) in [6.45, 7) is 3.94. The minimum atomic E-state index is -0.135. The van der Waals surface area contributed by atoms with Gasteiger partial charge >= 0.3 is 0 Å². The summed E-state index contributed by atoms with van der Waals surface area (Å²) in [6.07, 6.45) is 5.74. The molecule has 0 aliphatic carbocycles. The van der Waals surface area contributed by atoms with Crippen molar-refractivity contribution in [2.24, 2.45) is 0 Å². The molecule has 1 amide bonds. The zero-order valence-corrected chi connectivity index (χ0v) is 12.2. The maximum absolute atomic E-state index is 12.5. The molecule has 1 unspecified atom stereocenters. The van der Waals surface area contributed by atoms with E-state index in [-0.39, 0.29) is 11.9 Å². The lowest BCUT2D eigenvalue weighted by molar-refractivity contribution is 0.0922. The van der Waals surface area contributed by atoms with E-state index in [9.17, 15) is 4.79 Å². The van der Waals surface area contributed by atoms with Crippen LogP contribution in [0.2, 0.25) is 0 Å². The van der Waals surface area contributed by atoms with Gasteiger partial charge in [-0.15, -0.1) is 0 Å². The van der Waals surface area contributed by atoms with Crippen molar-refractivity contribution in [1.29, 1.82) is 0 Å². The van der Waals surface area contributed by atoms with Gasteiger partial charge in [0.05, 0.1) is 12.3 Å². The number of furan rings is 1. The normalized spacial score (nSPS) is 17.6. The van der Waals surface area contributed by atoms with Crippen LogP contribution in [-0.2, 0) is 0 Å². The fourth-order valence-electron chi connectivity index (χ4n) is 2.87. The first-order chi connectivity index (χ1) is 10.3. The molecule has 0 saturated carbocycles. The van der Waals surface area contributed by atoms with Crippen LogP contribution in [0.3, 0.4) is 0 Å². The molecule has 0 aromatic carbocycles. The molecular formula is C16H21N3O2. The Kier molecular flexibility index (Phi) is 4.10. The van der Waals surface area contributed by atoms with Gasteiger partial charge in [-0.1, -0.05) is 0 Å². The zero-order valence-electron chi connectivity index (χ0n) is 12.2.